The lowest BCUT2D eigenvalue weighted by atomic mass is 10.3. The molecule has 0 atom stereocenters. The van der Waals surface area contributed by atoms with Crippen LogP contribution < -0.4 is 10.6 Å². The van der Waals surface area contributed by atoms with Crippen LogP contribution in [0.3, 0.4) is 0 Å². The minimum absolute atomic E-state index is 0.0366. The van der Waals surface area contributed by atoms with Crippen molar-refractivity contribution in [3.63, 3.8) is 0 Å². The fourth-order valence-corrected chi connectivity index (χ4v) is 1.05. The Hall–Kier alpha value is -1.65. The van der Waals surface area contributed by atoms with E-state index in [1.54, 1.807) is 7.05 Å². The summed E-state index contributed by atoms with van der Waals surface area (Å²) < 4.78 is 25.3. The fourth-order valence-electron chi connectivity index (χ4n) is 1.05. The van der Waals surface area contributed by atoms with Gasteiger partial charge in [0.25, 0.3) is 0 Å². The first-order valence-corrected chi connectivity index (χ1v) is 3.95. The van der Waals surface area contributed by atoms with Crippen LogP contribution in [-0.2, 0) is 4.79 Å². The Morgan fingerprint density at radius 2 is 2.07 bits per heavy atom. The minimum atomic E-state index is -0.946. The van der Waals surface area contributed by atoms with Crippen molar-refractivity contribution in [3.8, 4) is 0 Å². The predicted octanol–water partition coefficient (Wildman–Crippen LogP) is 0.886. The van der Waals surface area contributed by atoms with Crippen LogP contribution in [0.25, 0.3) is 0 Å². The third-order valence-corrected chi connectivity index (χ3v) is 1.74. The molecule has 0 spiro atoms. The Balaban J connectivity index is 2.85. The molecule has 0 saturated heterocycles. The van der Waals surface area contributed by atoms with E-state index in [0.29, 0.717) is 5.69 Å². The number of nitrogens with zero attached hydrogens (tertiary/aromatic N) is 1. The van der Waals surface area contributed by atoms with Crippen molar-refractivity contribution in [3.05, 3.63) is 29.8 Å². The molecule has 14 heavy (non-hydrogen) atoms. The highest BCUT2D eigenvalue weighted by molar-refractivity contribution is 5.79. The van der Waals surface area contributed by atoms with Crippen LogP contribution >= 0.6 is 0 Å². The Morgan fingerprint density at radius 3 is 2.57 bits per heavy atom. The summed E-state index contributed by atoms with van der Waals surface area (Å²) in [6.07, 6.45) is 0. The van der Waals surface area contributed by atoms with Crippen LogP contribution in [0.1, 0.15) is 0 Å². The molecule has 2 N–H and O–H groups in total. The first kappa shape index (κ1) is 10.4. The van der Waals surface area contributed by atoms with Gasteiger partial charge in [-0.15, -0.1) is 0 Å². The van der Waals surface area contributed by atoms with Gasteiger partial charge in [-0.1, -0.05) is 0 Å². The van der Waals surface area contributed by atoms with Crippen molar-refractivity contribution in [2.75, 3.05) is 18.5 Å². The van der Waals surface area contributed by atoms with E-state index < -0.39 is 17.5 Å². The largest absolute Gasteiger partial charge is 0.368 e. The first-order valence-electron chi connectivity index (χ1n) is 3.95. The maximum atomic E-state index is 12.8. The molecule has 1 amide bonds. The Kier molecular flexibility index (Phi) is 3.01. The summed E-state index contributed by atoms with van der Waals surface area (Å²) in [7, 11) is 1.57. The van der Waals surface area contributed by atoms with Gasteiger partial charge in [0.05, 0.1) is 6.54 Å². The average Bonchev–Trinajstić information content (AvgIpc) is 2.08. The number of likely N-dealkylation sites (N-methyl/N-ethyl adjacent to an activating group) is 1. The van der Waals surface area contributed by atoms with E-state index in [4.69, 9.17) is 5.73 Å². The van der Waals surface area contributed by atoms with Crippen LogP contribution in [0.4, 0.5) is 14.5 Å². The SMILES string of the molecule is CN(CC(N)=O)c1ccc(F)c(F)c1. The highest BCUT2D eigenvalue weighted by Crippen LogP contribution is 2.16. The standard InChI is InChI=1S/C9H10F2N2O/c1-13(5-9(12)14)6-2-3-7(10)8(11)4-6/h2-4H,5H2,1H3,(H2,12,14). The first-order chi connectivity index (χ1) is 6.50. The molecule has 1 rings (SSSR count). The molecule has 0 heterocycles. The molecule has 0 fully saturated rings. The number of hydrogen-bond acceptors (Lipinski definition) is 2. The molecule has 0 aliphatic heterocycles. The molecule has 5 heteroatoms. The maximum Gasteiger partial charge on any atom is 0.236 e. The van der Waals surface area contributed by atoms with Gasteiger partial charge in [0.1, 0.15) is 0 Å². The summed E-state index contributed by atoms with van der Waals surface area (Å²) in [4.78, 5) is 12.0. The van der Waals surface area contributed by atoms with Crippen molar-refractivity contribution in [2.24, 2.45) is 5.73 Å². The molecule has 0 radical (unpaired) electrons. The Labute approximate surface area is 80.1 Å². The lowest BCUT2D eigenvalue weighted by molar-refractivity contribution is -0.116. The van der Waals surface area contributed by atoms with E-state index in [1.165, 1.54) is 11.0 Å². The van der Waals surface area contributed by atoms with Crippen LogP contribution in [0, 0.1) is 11.6 Å². The molecule has 76 valence electrons. The van der Waals surface area contributed by atoms with E-state index in [9.17, 15) is 13.6 Å². The monoisotopic (exact) mass is 200 g/mol. The van der Waals surface area contributed by atoms with Gasteiger partial charge in [-0.25, -0.2) is 8.78 Å². The van der Waals surface area contributed by atoms with E-state index >= 15 is 0 Å². The van der Waals surface area contributed by atoms with Gasteiger partial charge < -0.3 is 10.6 Å². The van der Waals surface area contributed by atoms with E-state index in [-0.39, 0.29) is 6.54 Å². The van der Waals surface area contributed by atoms with Crippen LogP contribution in [0.2, 0.25) is 0 Å². The smallest absolute Gasteiger partial charge is 0.236 e. The van der Waals surface area contributed by atoms with Gasteiger partial charge in [0, 0.05) is 18.8 Å². The normalized spacial score (nSPS) is 9.93. The van der Waals surface area contributed by atoms with Gasteiger partial charge in [0.15, 0.2) is 11.6 Å². The van der Waals surface area contributed by atoms with Gasteiger partial charge in [0.2, 0.25) is 5.91 Å². The summed E-state index contributed by atoms with van der Waals surface area (Å²) in [6, 6.07) is 3.39. The number of halogens is 2. The number of nitrogens with two attached hydrogens (primary N) is 1. The zero-order valence-corrected chi connectivity index (χ0v) is 7.63. The number of benzene rings is 1. The Bertz CT molecular complexity index is 355. The molecule has 1 aromatic rings. The van der Waals surface area contributed by atoms with E-state index in [2.05, 4.69) is 0 Å². The number of rotatable bonds is 3. The van der Waals surface area contributed by atoms with Crippen molar-refractivity contribution < 1.29 is 13.6 Å². The van der Waals surface area contributed by atoms with Gasteiger partial charge in [-0.2, -0.15) is 0 Å². The third kappa shape index (κ3) is 2.42. The van der Waals surface area contributed by atoms with Crippen LogP contribution in [0.15, 0.2) is 18.2 Å². The van der Waals surface area contributed by atoms with Crippen molar-refractivity contribution in [1.29, 1.82) is 0 Å². The number of carbonyl (C=O) groups excluding carboxylic acids is 1. The molecule has 1 aromatic carbocycles. The fraction of sp³-hybridized carbons (Fsp3) is 0.222. The molecule has 0 bridgehead atoms. The van der Waals surface area contributed by atoms with Gasteiger partial charge in [-0.05, 0) is 12.1 Å². The lowest BCUT2D eigenvalue weighted by Gasteiger charge is -2.16. The maximum absolute atomic E-state index is 12.8. The highest BCUT2D eigenvalue weighted by Gasteiger charge is 2.07. The zero-order chi connectivity index (χ0) is 10.7. The van der Waals surface area contributed by atoms with Crippen LogP contribution in [-0.4, -0.2) is 19.5 Å². The number of carbonyl (C=O) groups is 1. The molecule has 3 nitrogen and oxygen atoms in total. The molecular weight excluding hydrogens is 190 g/mol. The number of primary amides is 1. The second kappa shape index (κ2) is 4.04. The molecule has 0 aliphatic carbocycles. The summed E-state index contributed by atoms with van der Waals surface area (Å²) >= 11 is 0. The van der Waals surface area contributed by atoms with Crippen LogP contribution in [0.5, 0.6) is 0 Å². The lowest BCUT2D eigenvalue weighted by Crippen LogP contribution is -2.30. The van der Waals surface area contributed by atoms with E-state index in [0.717, 1.165) is 12.1 Å². The topological polar surface area (TPSA) is 46.3 Å². The Morgan fingerprint density at radius 1 is 1.43 bits per heavy atom. The highest BCUT2D eigenvalue weighted by atomic mass is 19.2. The molecule has 0 aliphatic rings. The van der Waals surface area contributed by atoms with Gasteiger partial charge >= 0.3 is 0 Å². The summed E-state index contributed by atoms with van der Waals surface area (Å²) in [5.41, 5.74) is 5.36. The average molecular weight is 200 g/mol. The number of hydrogen-bond donors (Lipinski definition) is 1. The predicted molar refractivity (Wildman–Crippen MR) is 48.8 cm³/mol. The van der Waals surface area contributed by atoms with Crippen molar-refractivity contribution >= 4 is 11.6 Å². The second-order valence-electron chi connectivity index (χ2n) is 2.92. The molecule has 0 aromatic heterocycles. The minimum Gasteiger partial charge on any atom is -0.368 e. The second-order valence-corrected chi connectivity index (χ2v) is 2.92. The van der Waals surface area contributed by atoms with E-state index in [1.807, 2.05) is 0 Å². The number of anilines is 1. The quantitative estimate of drug-likeness (QED) is 0.787. The molecule has 0 unspecified atom stereocenters. The zero-order valence-electron chi connectivity index (χ0n) is 7.63. The van der Waals surface area contributed by atoms with Gasteiger partial charge in [-0.3, -0.25) is 4.79 Å². The molecular formula is C9H10F2N2O. The summed E-state index contributed by atoms with van der Waals surface area (Å²) in [5.74, 6) is -2.39. The summed E-state index contributed by atoms with van der Waals surface area (Å²) in [5, 5.41) is 0. The van der Waals surface area contributed by atoms with Crippen molar-refractivity contribution in [2.45, 2.75) is 0 Å². The molecule has 0 saturated carbocycles. The number of amides is 1. The third-order valence-electron chi connectivity index (χ3n) is 1.74. The summed E-state index contributed by atoms with van der Waals surface area (Å²) in [6.45, 7) is -0.0366. The van der Waals surface area contributed by atoms with Crippen molar-refractivity contribution in [1.82, 2.24) is 0 Å².